The number of rotatable bonds is 6. The molecule has 1 aromatic carbocycles. The van der Waals surface area contributed by atoms with Crippen LogP contribution in [0.2, 0.25) is 0 Å². The van der Waals surface area contributed by atoms with Crippen LogP contribution in [0.3, 0.4) is 0 Å². The molecule has 0 saturated heterocycles. The van der Waals surface area contributed by atoms with E-state index in [-0.39, 0.29) is 6.61 Å². The van der Waals surface area contributed by atoms with Gasteiger partial charge in [0.25, 0.3) is 0 Å². The van der Waals surface area contributed by atoms with E-state index in [2.05, 4.69) is 0 Å². The van der Waals surface area contributed by atoms with Gasteiger partial charge < -0.3 is 19.3 Å². The van der Waals surface area contributed by atoms with E-state index in [1.807, 2.05) is 0 Å². The molecule has 2 rings (SSSR count). The fourth-order valence-corrected chi connectivity index (χ4v) is 3.25. The Bertz CT molecular complexity index is 612. The number of carbonyl (C=O) groups is 2. The minimum Gasteiger partial charge on any atom is -0.497 e. The molecule has 6 heteroatoms. The Hall–Kier alpha value is -2.24. The van der Waals surface area contributed by atoms with Crippen LogP contribution in [0, 0.1) is 11.3 Å². The number of ether oxygens (including phenoxy) is 3. The van der Waals surface area contributed by atoms with Crippen LogP contribution in [0.1, 0.15) is 38.2 Å². The SMILES string of the molecule is COc1ccc(COC(=O)[C@@]2(C)CCCC[C@H]2C(=O)O)c(OC)c1. The zero-order valence-electron chi connectivity index (χ0n) is 14.3. The lowest BCUT2D eigenvalue weighted by molar-refractivity contribution is -0.170. The molecule has 0 aromatic heterocycles. The molecule has 1 aromatic rings. The van der Waals surface area contributed by atoms with E-state index in [9.17, 15) is 14.7 Å². The van der Waals surface area contributed by atoms with Crippen LogP contribution in [0.5, 0.6) is 11.5 Å². The number of carboxylic acids is 1. The van der Waals surface area contributed by atoms with E-state index in [0.717, 1.165) is 12.8 Å². The minimum absolute atomic E-state index is 0.0356. The van der Waals surface area contributed by atoms with Gasteiger partial charge in [-0.3, -0.25) is 9.59 Å². The third-order valence-electron chi connectivity index (χ3n) is 4.83. The molecule has 0 unspecified atom stereocenters. The van der Waals surface area contributed by atoms with Gasteiger partial charge in [-0.25, -0.2) is 0 Å². The number of esters is 1. The summed E-state index contributed by atoms with van der Waals surface area (Å²) in [6, 6.07) is 5.24. The second kappa shape index (κ2) is 7.55. The van der Waals surface area contributed by atoms with Gasteiger partial charge in [-0.05, 0) is 31.9 Å². The summed E-state index contributed by atoms with van der Waals surface area (Å²) in [5.41, 5.74) is -0.276. The Labute approximate surface area is 141 Å². The lowest BCUT2D eigenvalue weighted by atomic mass is 9.67. The Balaban J connectivity index is 2.10. The molecule has 1 fully saturated rings. The predicted octanol–water partition coefficient (Wildman–Crippen LogP) is 3.03. The Morgan fingerprint density at radius 2 is 2.00 bits per heavy atom. The number of hydrogen-bond acceptors (Lipinski definition) is 5. The molecule has 1 saturated carbocycles. The van der Waals surface area contributed by atoms with Crippen molar-refractivity contribution in [3.63, 3.8) is 0 Å². The van der Waals surface area contributed by atoms with Crippen molar-refractivity contribution in [3.8, 4) is 11.5 Å². The highest BCUT2D eigenvalue weighted by molar-refractivity contribution is 5.84. The maximum Gasteiger partial charge on any atom is 0.313 e. The topological polar surface area (TPSA) is 82.1 Å². The molecule has 0 aliphatic heterocycles. The summed E-state index contributed by atoms with van der Waals surface area (Å²) in [4.78, 5) is 24.1. The Morgan fingerprint density at radius 3 is 2.62 bits per heavy atom. The fourth-order valence-electron chi connectivity index (χ4n) is 3.25. The van der Waals surface area contributed by atoms with Gasteiger partial charge in [0, 0.05) is 11.6 Å². The number of hydrogen-bond donors (Lipinski definition) is 1. The van der Waals surface area contributed by atoms with Crippen molar-refractivity contribution in [2.75, 3.05) is 14.2 Å². The highest BCUT2D eigenvalue weighted by Crippen LogP contribution is 2.42. The first-order valence-corrected chi connectivity index (χ1v) is 8.03. The van der Waals surface area contributed by atoms with E-state index in [0.29, 0.717) is 29.9 Å². The summed E-state index contributed by atoms with van der Waals surface area (Å²) in [6.07, 6.45) is 2.70. The Morgan fingerprint density at radius 1 is 1.25 bits per heavy atom. The van der Waals surface area contributed by atoms with E-state index in [1.54, 1.807) is 32.2 Å². The second-order valence-corrected chi connectivity index (χ2v) is 6.31. The molecule has 1 aliphatic carbocycles. The molecule has 1 N–H and O–H groups in total. The summed E-state index contributed by atoms with van der Waals surface area (Å²) < 4.78 is 15.9. The summed E-state index contributed by atoms with van der Waals surface area (Å²) in [5, 5.41) is 9.41. The molecule has 0 amide bonds. The number of aliphatic carboxylic acids is 1. The van der Waals surface area contributed by atoms with E-state index >= 15 is 0 Å². The van der Waals surface area contributed by atoms with E-state index < -0.39 is 23.3 Å². The van der Waals surface area contributed by atoms with E-state index in [1.165, 1.54) is 7.11 Å². The van der Waals surface area contributed by atoms with Crippen molar-refractivity contribution >= 4 is 11.9 Å². The van der Waals surface area contributed by atoms with Crippen molar-refractivity contribution in [1.29, 1.82) is 0 Å². The number of benzene rings is 1. The minimum atomic E-state index is -0.982. The van der Waals surface area contributed by atoms with E-state index in [4.69, 9.17) is 14.2 Å². The standard InChI is InChI=1S/C18H24O6/c1-18(9-5-4-6-14(18)16(19)20)17(21)24-11-12-7-8-13(22-2)10-15(12)23-3/h7-8,10,14H,4-6,9,11H2,1-3H3,(H,19,20)/t14-,18-/m0/s1. The largest absolute Gasteiger partial charge is 0.497 e. The third-order valence-corrected chi connectivity index (χ3v) is 4.83. The Kier molecular flexibility index (Phi) is 5.70. The quantitative estimate of drug-likeness (QED) is 0.804. The van der Waals surface area contributed by atoms with Crippen molar-refractivity contribution in [1.82, 2.24) is 0 Å². The van der Waals surface area contributed by atoms with Crippen LogP contribution in [0.25, 0.3) is 0 Å². The molecule has 24 heavy (non-hydrogen) atoms. The van der Waals surface area contributed by atoms with Crippen LogP contribution in [0.15, 0.2) is 18.2 Å². The first-order chi connectivity index (χ1) is 11.4. The predicted molar refractivity (Wildman–Crippen MR) is 87.0 cm³/mol. The van der Waals surface area contributed by atoms with Gasteiger partial charge in [0.15, 0.2) is 0 Å². The smallest absolute Gasteiger partial charge is 0.313 e. The number of carboxylic acid groups (broad SMARTS) is 1. The lowest BCUT2D eigenvalue weighted by Gasteiger charge is -2.36. The second-order valence-electron chi connectivity index (χ2n) is 6.31. The van der Waals surface area contributed by atoms with Crippen LogP contribution in [-0.4, -0.2) is 31.3 Å². The first-order valence-electron chi connectivity index (χ1n) is 8.03. The van der Waals surface area contributed by atoms with Crippen molar-refractivity contribution < 1.29 is 28.9 Å². The van der Waals surface area contributed by atoms with Crippen LogP contribution in [0.4, 0.5) is 0 Å². The zero-order valence-corrected chi connectivity index (χ0v) is 14.3. The van der Waals surface area contributed by atoms with Crippen molar-refractivity contribution in [3.05, 3.63) is 23.8 Å². The average Bonchev–Trinajstić information content (AvgIpc) is 2.59. The highest BCUT2D eigenvalue weighted by Gasteiger charge is 2.48. The molecular formula is C18H24O6. The zero-order chi connectivity index (χ0) is 17.7. The molecular weight excluding hydrogens is 312 g/mol. The summed E-state index contributed by atoms with van der Waals surface area (Å²) >= 11 is 0. The molecule has 6 nitrogen and oxygen atoms in total. The van der Waals surface area contributed by atoms with Gasteiger partial charge >= 0.3 is 11.9 Å². The third kappa shape index (κ3) is 3.63. The molecule has 132 valence electrons. The normalized spacial score (nSPS) is 23.4. The van der Waals surface area contributed by atoms with Crippen LogP contribution >= 0.6 is 0 Å². The van der Waals surface area contributed by atoms with Gasteiger partial charge in [-0.1, -0.05) is 12.8 Å². The van der Waals surface area contributed by atoms with Crippen molar-refractivity contribution in [2.24, 2.45) is 11.3 Å². The molecule has 0 radical (unpaired) electrons. The monoisotopic (exact) mass is 336 g/mol. The van der Waals surface area contributed by atoms with Gasteiger partial charge in [0.2, 0.25) is 0 Å². The lowest BCUT2D eigenvalue weighted by Crippen LogP contribution is -2.43. The molecule has 0 heterocycles. The first kappa shape index (κ1) is 18.1. The van der Waals surface area contributed by atoms with Gasteiger partial charge in [0.05, 0.1) is 25.6 Å². The maximum atomic E-state index is 12.6. The average molecular weight is 336 g/mol. The summed E-state index contributed by atoms with van der Waals surface area (Å²) in [5.74, 6) is -0.891. The van der Waals surface area contributed by atoms with Crippen molar-refractivity contribution in [2.45, 2.75) is 39.2 Å². The maximum absolute atomic E-state index is 12.6. The molecule has 2 atom stereocenters. The summed E-state index contributed by atoms with van der Waals surface area (Å²) in [7, 11) is 3.09. The summed E-state index contributed by atoms with van der Waals surface area (Å²) in [6.45, 7) is 1.73. The van der Waals surface area contributed by atoms with Gasteiger partial charge in [0.1, 0.15) is 18.1 Å². The number of methoxy groups -OCH3 is 2. The van der Waals surface area contributed by atoms with Crippen LogP contribution in [-0.2, 0) is 20.9 Å². The molecule has 0 spiro atoms. The molecule has 1 aliphatic rings. The fraction of sp³-hybridized carbons (Fsp3) is 0.556. The van der Waals surface area contributed by atoms with Gasteiger partial charge in [-0.2, -0.15) is 0 Å². The highest BCUT2D eigenvalue weighted by atomic mass is 16.5. The molecule has 0 bridgehead atoms. The van der Waals surface area contributed by atoms with Crippen LogP contribution < -0.4 is 9.47 Å². The van der Waals surface area contributed by atoms with Gasteiger partial charge in [-0.15, -0.1) is 0 Å². The number of carbonyl (C=O) groups excluding carboxylic acids is 1.